The van der Waals surface area contributed by atoms with Crippen LogP contribution in [-0.4, -0.2) is 35.5 Å². The Balaban J connectivity index is 2.52. The third-order valence-corrected chi connectivity index (χ3v) is 3.75. The van der Waals surface area contributed by atoms with Gasteiger partial charge in [0.2, 0.25) is 0 Å². The van der Waals surface area contributed by atoms with E-state index >= 15 is 0 Å². The van der Waals surface area contributed by atoms with Crippen molar-refractivity contribution < 1.29 is 19.4 Å². The van der Waals surface area contributed by atoms with E-state index in [2.05, 4.69) is 5.32 Å². The zero-order chi connectivity index (χ0) is 16.4. The van der Waals surface area contributed by atoms with Crippen molar-refractivity contribution in [3.8, 4) is 11.5 Å². The zero-order valence-electron chi connectivity index (χ0n) is 13.1. The molecule has 0 saturated heterocycles. The minimum atomic E-state index is -0.555. The Bertz CT molecular complexity index is 652. The Kier molecular flexibility index (Phi) is 4.40. The molecule has 1 aromatic carbocycles. The molecule has 0 aliphatic carbocycles. The first kappa shape index (κ1) is 15.9. The second-order valence-electron chi connectivity index (χ2n) is 5.16. The highest BCUT2D eigenvalue weighted by Gasteiger charge is 2.32. The van der Waals surface area contributed by atoms with Crippen molar-refractivity contribution in [3.63, 3.8) is 0 Å². The molecule has 0 aromatic heterocycles. The van der Waals surface area contributed by atoms with Crippen LogP contribution in [0.5, 0.6) is 11.5 Å². The number of nitrogens with one attached hydrogen (secondary N) is 1. The largest absolute Gasteiger partial charge is 0.504 e. The first-order valence-corrected chi connectivity index (χ1v) is 7.08. The second-order valence-corrected chi connectivity index (χ2v) is 5.16. The summed E-state index contributed by atoms with van der Waals surface area (Å²) in [5, 5.41) is 12.6. The van der Waals surface area contributed by atoms with E-state index in [0.29, 0.717) is 29.2 Å². The smallest absolute Gasteiger partial charge is 0.322 e. The van der Waals surface area contributed by atoms with Crippen LogP contribution in [0, 0.1) is 0 Å². The molecule has 1 aromatic rings. The number of hydrogen-bond acceptors (Lipinski definition) is 4. The monoisotopic (exact) mass is 304 g/mol. The van der Waals surface area contributed by atoms with Crippen molar-refractivity contribution in [2.75, 3.05) is 13.7 Å². The van der Waals surface area contributed by atoms with Gasteiger partial charge in [0.15, 0.2) is 17.3 Å². The van der Waals surface area contributed by atoms with Gasteiger partial charge in [0.05, 0.1) is 12.6 Å². The molecule has 0 saturated carbocycles. The number of Topliss-reactive ketones (excluding diaryl/α,β-unsaturated/α-hetero) is 1. The van der Waals surface area contributed by atoms with Gasteiger partial charge in [-0.1, -0.05) is 6.07 Å². The van der Waals surface area contributed by atoms with Gasteiger partial charge >= 0.3 is 6.03 Å². The average Bonchev–Trinajstić information content (AvgIpc) is 2.46. The standard InChI is InChI=1S/C16H20N2O4/c1-5-22-13-8-11(6-7-12(13)20)15-14(10(3)19)9(2)18(4)16(21)17-15/h6-8,15,20H,5H2,1-4H3,(H,17,21)/t15-/m1/s1. The van der Waals surface area contributed by atoms with Crippen molar-refractivity contribution >= 4 is 11.8 Å². The van der Waals surface area contributed by atoms with Crippen LogP contribution in [0.4, 0.5) is 4.79 Å². The van der Waals surface area contributed by atoms with Gasteiger partial charge in [0, 0.05) is 18.3 Å². The van der Waals surface area contributed by atoms with Crippen LogP contribution in [0.3, 0.4) is 0 Å². The highest BCUT2D eigenvalue weighted by molar-refractivity contribution is 5.98. The molecule has 0 radical (unpaired) electrons. The summed E-state index contributed by atoms with van der Waals surface area (Å²) in [4.78, 5) is 25.4. The van der Waals surface area contributed by atoms with Crippen LogP contribution < -0.4 is 10.1 Å². The van der Waals surface area contributed by atoms with Crippen LogP contribution in [0.25, 0.3) is 0 Å². The van der Waals surface area contributed by atoms with E-state index < -0.39 is 6.04 Å². The first-order valence-electron chi connectivity index (χ1n) is 7.08. The highest BCUT2D eigenvalue weighted by atomic mass is 16.5. The van der Waals surface area contributed by atoms with E-state index in [9.17, 15) is 14.7 Å². The maximum absolute atomic E-state index is 12.0. The fourth-order valence-electron chi connectivity index (χ4n) is 2.52. The molecule has 118 valence electrons. The second kappa shape index (κ2) is 6.09. The van der Waals surface area contributed by atoms with E-state index in [1.807, 2.05) is 6.92 Å². The molecule has 6 nitrogen and oxygen atoms in total. The Morgan fingerprint density at radius 2 is 2.14 bits per heavy atom. The number of carbonyl (C=O) groups excluding carboxylic acids is 2. The number of carbonyl (C=O) groups is 2. The molecular weight excluding hydrogens is 284 g/mol. The summed E-state index contributed by atoms with van der Waals surface area (Å²) in [6, 6.07) is 3.98. The van der Waals surface area contributed by atoms with E-state index in [0.717, 1.165) is 0 Å². The SMILES string of the molecule is CCOc1cc([C@H]2NC(=O)N(C)C(C)=C2C(C)=O)ccc1O. The van der Waals surface area contributed by atoms with Crippen molar-refractivity contribution in [3.05, 3.63) is 35.0 Å². The molecule has 6 heteroatoms. The van der Waals surface area contributed by atoms with E-state index in [1.54, 1.807) is 26.1 Å². The van der Waals surface area contributed by atoms with Gasteiger partial charge in [0.1, 0.15) is 0 Å². The number of aromatic hydroxyl groups is 1. The Hall–Kier alpha value is -2.50. The molecule has 1 heterocycles. The average molecular weight is 304 g/mol. The fourth-order valence-corrected chi connectivity index (χ4v) is 2.52. The predicted octanol–water partition coefficient (Wildman–Crippen LogP) is 2.35. The number of allylic oxidation sites excluding steroid dienone is 1. The molecule has 2 amide bonds. The highest BCUT2D eigenvalue weighted by Crippen LogP contribution is 2.35. The maximum atomic E-state index is 12.0. The van der Waals surface area contributed by atoms with Crippen LogP contribution >= 0.6 is 0 Å². The van der Waals surface area contributed by atoms with Crippen molar-refractivity contribution in [1.29, 1.82) is 0 Å². The van der Waals surface area contributed by atoms with Gasteiger partial charge in [-0.25, -0.2) is 4.79 Å². The summed E-state index contributed by atoms with van der Waals surface area (Å²) < 4.78 is 5.36. The number of hydrogen-bond donors (Lipinski definition) is 2. The molecule has 2 rings (SSSR count). The number of benzene rings is 1. The van der Waals surface area contributed by atoms with Crippen LogP contribution in [-0.2, 0) is 4.79 Å². The third-order valence-electron chi connectivity index (χ3n) is 3.75. The summed E-state index contributed by atoms with van der Waals surface area (Å²) in [6.45, 7) is 5.44. The lowest BCUT2D eigenvalue weighted by atomic mass is 9.92. The molecule has 0 bridgehead atoms. The van der Waals surface area contributed by atoms with Crippen molar-refractivity contribution in [1.82, 2.24) is 10.2 Å². The van der Waals surface area contributed by atoms with E-state index in [-0.39, 0.29) is 17.6 Å². The van der Waals surface area contributed by atoms with E-state index in [4.69, 9.17) is 4.74 Å². The number of rotatable bonds is 4. The third kappa shape index (κ3) is 2.77. The maximum Gasteiger partial charge on any atom is 0.322 e. The molecule has 22 heavy (non-hydrogen) atoms. The summed E-state index contributed by atoms with van der Waals surface area (Å²) in [5.74, 6) is 0.240. The number of ether oxygens (including phenoxy) is 1. The quantitative estimate of drug-likeness (QED) is 0.895. The minimum Gasteiger partial charge on any atom is -0.504 e. The predicted molar refractivity (Wildman–Crippen MR) is 81.7 cm³/mol. The Morgan fingerprint density at radius 1 is 1.45 bits per heavy atom. The minimum absolute atomic E-state index is 0.0231. The fraction of sp³-hybridized carbons (Fsp3) is 0.375. The topological polar surface area (TPSA) is 78.9 Å². The van der Waals surface area contributed by atoms with Gasteiger partial charge in [-0.2, -0.15) is 0 Å². The molecule has 0 unspecified atom stereocenters. The van der Waals surface area contributed by atoms with Gasteiger partial charge in [-0.15, -0.1) is 0 Å². The first-order chi connectivity index (χ1) is 10.4. The number of phenolic OH excluding ortho intramolecular Hbond substituents is 1. The van der Waals surface area contributed by atoms with Crippen LogP contribution in [0.1, 0.15) is 32.4 Å². The Labute approximate surface area is 129 Å². The van der Waals surface area contributed by atoms with Crippen molar-refractivity contribution in [2.45, 2.75) is 26.8 Å². The summed E-state index contributed by atoms with van der Waals surface area (Å²) in [6.07, 6.45) is 0. The number of phenols is 1. The van der Waals surface area contributed by atoms with Gasteiger partial charge < -0.3 is 20.1 Å². The van der Waals surface area contributed by atoms with Crippen LogP contribution in [0.2, 0.25) is 0 Å². The normalized spacial score (nSPS) is 18.3. The molecule has 1 aliphatic heterocycles. The van der Waals surface area contributed by atoms with E-state index in [1.165, 1.54) is 17.9 Å². The summed E-state index contributed by atoms with van der Waals surface area (Å²) in [7, 11) is 1.62. The van der Waals surface area contributed by atoms with Gasteiger partial charge in [0.25, 0.3) is 0 Å². The molecular formula is C16H20N2O4. The number of urea groups is 1. The van der Waals surface area contributed by atoms with Gasteiger partial charge in [-0.3, -0.25) is 4.79 Å². The van der Waals surface area contributed by atoms with Gasteiger partial charge in [-0.05, 0) is 38.5 Å². The Morgan fingerprint density at radius 3 is 2.73 bits per heavy atom. The molecule has 0 spiro atoms. The summed E-state index contributed by atoms with van der Waals surface area (Å²) in [5.41, 5.74) is 1.83. The van der Waals surface area contributed by atoms with Crippen LogP contribution in [0.15, 0.2) is 29.5 Å². The molecule has 2 N–H and O–H groups in total. The zero-order valence-corrected chi connectivity index (χ0v) is 13.1. The lowest BCUT2D eigenvalue weighted by molar-refractivity contribution is -0.114. The number of ketones is 1. The molecule has 1 aliphatic rings. The lowest BCUT2D eigenvalue weighted by Gasteiger charge is -2.33. The number of nitrogens with zero attached hydrogens (tertiary/aromatic N) is 1. The lowest BCUT2D eigenvalue weighted by Crippen LogP contribution is -2.45. The summed E-state index contributed by atoms with van der Waals surface area (Å²) >= 11 is 0. The molecule has 0 fully saturated rings. The van der Waals surface area contributed by atoms with Crippen molar-refractivity contribution in [2.24, 2.45) is 0 Å². The molecule has 1 atom stereocenters. The number of amides is 2.